The Morgan fingerprint density at radius 1 is 0.967 bits per heavy atom. The van der Waals surface area contributed by atoms with Crippen molar-refractivity contribution in [3.05, 3.63) is 105 Å². The van der Waals surface area contributed by atoms with E-state index in [1.54, 1.807) is 30.3 Å². The number of carbonyl (C=O) groups excluding carboxylic acids is 1. The summed E-state index contributed by atoms with van der Waals surface area (Å²) in [5, 5.41) is 4.34. The molecule has 0 aliphatic carbocycles. The molecule has 30 heavy (non-hydrogen) atoms. The van der Waals surface area contributed by atoms with Crippen molar-refractivity contribution >= 4 is 40.2 Å². The van der Waals surface area contributed by atoms with Crippen LogP contribution in [-0.2, 0) is 4.79 Å². The largest absolute Gasteiger partial charge is 0.422 e. The monoisotopic (exact) mass is 415 g/mol. The molecule has 1 aromatic heterocycles. The van der Waals surface area contributed by atoms with Gasteiger partial charge in [0.1, 0.15) is 5.58 Å². The van der Waals surface area contributed by atoms with Crippen molar-refractivity contribution in [2.24, 2.45) is 0 Å². The minimum absolute atomic E-state index is 0.248. The van der Waals surface area contributed by atoms with Crippen molar-refractivity contribution < 1.29 is 9.21 Å². The van der Waals surface area contributed by atoms with Crippen LogP contribution in [0.2, 0.25) is 5.02 Å². The number of nitrogens with one attached hydrogen (secondary N) is 1. The number of benzene rings is 3. The number of halogens is 1. The molecule has 0 aliphatic rings. The van der Waals surface area contributed by atoms with Crippen LogP contribution in [-0.4, -0.2) is 5.91 Å². The average Bonchev–Trinajstić information content (AvgIpc) is 2.73. The summed E-state index contributed by atoms with van der Waals surface area (Å²) in [6.07, 6.45) is 3.18. The fourth-order valence-corrected chi connectivity index (χ4v) is 3.35. The summed E-state index contributed by atoms with van der Waals surface area (Å²) in [5.74, 6) is -0.248. The molecule has 0 aliphatic heterocycles. The Bertz CT molecular complexity index is 1320. The van der Waals surface area contributed by atoms with Gasteiger partial charge < -0.3 is 9.73 Å². The topological polar surface area (TPSA) is 59.3 Å². The lowest BCUT2D eigenvalue weighted by Gasteiger charge is -2.09. The SMILES string of the molecule is Cc1cc(NC(=O)C=Cc2ccc(Cl)cc2)ccc1-c1cc2ccccc2oc1=O. The molecule has 4 nitrogen and oxygen atoms in total. The standard InChI is InChI=1S/C25H18ClNO3/c1-16-14-20(27-24(28)13-8-17-6-9-19(26)10-7-17)11-12-21(16)22-15-18-4-2-3-5-23(18)30-25(22)29/h2-15H,1H3,(H,27,28). The van der Waals surface area contributed by atoms with Crippen molar-refractivity contribution in [2.45, 2.75) is 6.92 Å². The van der Waals surface area contributed by atoms with Crippen LogP contribution in [0.25, 0.3) is 28.2 Å². The number of hydrogen-bond acceptors (Lipinski definition) is 3. The molecular formula is C25H18ClNO3. The number of hydrogen-bond donors (Lipinski definition) is 1. The molecule has 0 fully saturated rings. The Hall–Kier alpha value is -3.63. The molecule has 0 unspecified atom stereocenters. The molecule has 4 rings (SSSR count). The van der Waals surface area contributed by atoms with E-state index >= 15 is 0 Å². The van der Waals surface area contributed by atoms with Crippen LogP contribution in [0, 0.1) is 6.92 Å². The minimum Gasteiger partial charge on any atom is -0.422 e. The van der Waals surface area contributed by atoms with Gasteiger partial charge in [-0.25, -0.2) is 4.79 Å². The Morgan fingerprint density at radius 2 is 1.73 bits per heavy atom. The van der Waals surface area contributed by atoms with Gasteiger partial charge >= 0.3 is 5.63 Å². The van der Waals surface area contributed by atoms with Crippen LogP contribution in [0.5, 0.6) is 0 Å². The molecule has 0 radical (unpaired) electrons. The summed E-state index contributed by atoms with van der Waals surface area (Å²) >= 11 is 5.86. The normalized spacial score (nSPS) is 11.1. The van der Waals surface area contributed by atoms with Gasteiger partial charge in [-0.2, -0.15) is 0 Å². The smallest absolute Gasteiger partial charge is 0.344 e. The van der Waals surface area contributed by atoms with Crippen LogP contribution in [0.3, 0.4) is 0 Å². The Morgan fingerprint density at radius 3 is 2.50 bits per heavy atom. The third-order valence-corrected chi connectivity index (χ3v) is 4.97. The number of amides is 1. The highest BCUT2D eigenvalue weighted by molar-refractivity contribution is 6.30. The molecule has 148 valence electrons. The van der Waals surface area contributed by atoms with E-state index in [2.05, 4.69) is 5.32 Å². The summed E-state index contributed by atoms with van der Waals surface area (Å²) in [6.45, 7) is 1.89. The lowest BCUT2D eigenvalue weighted by molar-refractivity contribution is -0.111. The third-order valence-electron chi connectivity index (χ3n) is 4.72. The first-order valence-electron chi connectivity index (χ1n) is 9.38. The van der Waals surface area contributed by atoms with E-state index in [4.69, 9.17) is 16.0 Å². The predicted octanol–water partition coefficient (Wildman–Crippen LogP) is 6.07. The maximum atomic E-state index is 12.4. The second-order valence-corrected chi connectivity index (χ2v) is 7.33. The Labute approximate surface area is 178 Å². The van der Waals surface area contributed by atoms with Crippen LogP contribution < -0.4 is 10.9 Å². The van der Waals surface area contributed by atoms with Crippen LogP contribution >= 0.6 is 11.6 Å². The van der Waals surface area contributed by atoms with Gasteiger partial charge in [-0.3, -0.25) is 4.79 Å². The van der Waals surface area contributed by atoms with Crippen molar-refractivity contribution in [1.29, 1.82) is 0 Å². The van der Waals surface area contributed by atoms with Crippen LogP contribution in [0.4, 0.5) is 5.69 Å². The molecule has 1 heterocycles. The molecule has 4 aromatic rings. The number of para-hydroxylation sites is 1. The molecule has 0 spiro atoms. The predicted molar refractivity (Wildman–Crippen MR) is 122 cm³/mol. The summed E-state index contributed by atoms with van der Waals surface area (Å²) in [5.41, 5.74) is 3.81. The zero-order chi connectivity index (χ0) is 21.1. The van der Waals surface area contributed by atoms with Crippen molar-refractivity contribution in [2.75, 3.05) is 5.32 Å². The maximum Gasteiger partial charge on any atom is 0.344 e. The average molecular weight is 416 g/mol. The lowest BCUT2D eigenvalue weighted by atomic mass is 10.0. The van der Waals surface area contributed by atoms with Crippen LogP contribution in [0.15, 0.2) is 88.1 Å². The summed E-state index contributed by atoms with van der Waals surface area (Å²) in [6, 6.07) is 21.8. The summed E-state index contributed by atoms with van der Waals surface area (Å²) in [4.78, 5) is 24.7. The van der Waals surface area contributed by atoms with Gasteiger partial charge in [0.2, 0.25) is 5.91 Å². The number of aryl methyl sites for hydroxylation is 1. The van der Waals surface area contributed by atoms with Crippen LogP contribution in [0.1, 0.15) is 11.1 Å². The van der Waals surface area contributed by atoms with Crippen molar-refractivity contribution in [3.8, 4) is 11.1 Å². The van der Waals surface area contributed by atoms with Crippen molar-refractivity contribution in [3.63, 3.8) is 0 Å². The Kier molecular flexibility index (Phi) is 5.50. The van der Waals surface area contributed by atoms with Gasteiger partial charge in [-0.1, -0.05) is 48.0 Å². The molecule has 5 heteroatoms. The van der Waals surface area contributed by atoms with Gasteiger partial charge in [-0.05, 0) is 66.1 Å². The molecule has 0 saturated heterocycles. The molecule has 3 aromatic carbocycles. The van der Waals surface area contributed by atoms with Gasteiger partial charge in [0.15, 0.2) is 0 Å². The zero-order valence-electron chi connectivity index (χ0n) is 16.2. The second kappa shape index (κ2) is 8.39. The van der Waals surface area contributed by atoms with Gasteiger partial charge in [-0.15, -0.1) is 0 Å². The van der Waals surface area contributed by atoms with E-state index in [1.807, 2.05) is 55.5 Å². The first kappa shape index (κ1) is 19.7. The van der Waals surface area contributed by atoms with Gasteiger partial charge in [0.25, 0.3) is 0 Å². The highest BCUT2D eigenvalue weighted by atomic mass is 35.5. The van der Waals surface area contributed by atoms with E-state index in [1.165, 1.54) is 6.08 Å². The fraction of sp³-hybridized carbons (Fsp3) is 0.0400. The number of carbonyl (C=O) groups is 1. The molecule has 1 amide bonds. The van der Waals surface area contributed by atoms with Gasteiger partial charge in [0, 0.05) is 22.2 Å². The second-order valence-electron chi connectivity index (χ2n) is 6.89. The first-order valence-corrected chi connectivity index (χ1v) is 9.76. The van der Waals surface area contributed by atoms with Gasteiger partial charge in [0.05, 0.1) is 5.56 Å². The third kappa shape index (κ3) is 4.34. The van der Waals surface area contributed by atoms with E-state index in [-0.39, 0.29) is 11.5 Å². The quantitative estimate of drug-likeness (QED) is 0.325. The van der Waals surface area contributed by atoms with E-state index in [0.29, 0.717) is 21.9 Å². The molecule has 0 saturated carbocycles. The number of rotatable bonds is 4. The summed E-state index contributed by atoms with van der Waals surface area (Å²) in [7, 11) is 0. The van der Waals surface area contributed by atoms with E-state index in [9.17, 15) is 9.59 Å². The Balaban J connectivity index is 1.55. The van der Waals surface area contributed by atoms with E-state index < -0.39 is 0 Å². The fourth-order valence-electron chi connectivity index (χ4n) is 3.22. The highest BCUT2D eigenvalue weighted by Gasteiger charge is 2.11. The molecule has 1 N–H and O–H groups in total. The zero-order valence-corrected chi connectivity index (χ0v) is 16.9. The first-order chi connectivity index (χ1) is 14.5. The van der Waals surface area contributed by atoms with E-state index in [0.717, 1.165) is 22.1 Å². The molecule has 0 bridgehead atoms. The number of anilines is 1. The van der Waals surface area contributed by atoms with Crippen molar-refractivity contribution in [1.82, 2.24) is 0 Å². The summed E-state index contributed by atoms with van der Waals surface area (Å²) < 4.78 is 5.44. The lowest BCUT2D eigenvalue weighted by Crippen LogP contribution is -2.08. The molecular weight excluding hydrogens is 398 g/mol. The highest BCUT2D eigenvalue weighted by Crippen LogP contribution is 2.26. The maximum absolute atomic E-state index is 12.4. The minimum atomic E-state index is -0.389. The number of fused-ring (bicyclic) bond motifs is 1. The molecule has 0 atom stereocenters.